The maximum atomic E-state index is 7.74. The highest BCUT2D eigenvalue weighted by molar-refractivity contribution is 5.81. The summed E-state index contributed by atoms with van der Waals surface area (Å²) in [7, 11) is 11.6. The first-order valence-electron chi connectivity index (χ1n) is 12.7. The summed E-state index contributed by atoms with van der Waals surface area (Å²) in [5.74, 6) is 3.82. The molecule has 0 fully saturated rings. The lowest BCUT2D eigenvalue weighted by molar-refractivity contribution is 0.181. The van der Waals surface area contributed by atoms with Crippen molar-refractivity contribution in [1.29, 1.82) is 16.2 Å². The van der Waals surface area contributed by atoms with E-state index in [-0.39, 0.29) is 5.92 Å². The van der Waals surface area contributed by atoms with Gasteiger partial charge in [-0.25, -0.2) is 0 Å². The zero-order chi connectivity index (χ0) is 28.4. The maximum Gasteiger partial charge on any atom is 0.123 e. The summed E-state index contributed by atoms with van der Waals surface area (Å²) in [5.41, 5.74) is 0. The fourth-order valence-corrected chi connectivity index (χ4v) is 2.86. The van der Waals surface area contributed by atoms with Gasteiger partial charge in [-0.2, -0.15) is 0 Å². The number of amidine groups is 3. The molecule has 1 aromatic heterocycles. The monoisotopic (exact) mass is 509 g/mol. The minimum Gasteiger partial charge on any atom is -0.467 e. The van der Waals surface area contributed by atoms with Crippen LogP contribution in [0.2, 0.25) is 0 Å². The van der Waals surface area contributed by atoms with Crippen molar-refractivity contribution < 1.29 is 9.15 Å². The third-order valence-electron chi connectivity index (χ3n) is 5.36. The van der Waals surface area contributed by atoms with Crippen LogP contribution in [0.5, 0.6) is 0 Å². The van der Waals surface area contributed by atoms with Crippen molar-refractivity contribution in [2.75, 3.05) is 68.6 Å². The van der Waals surface area contributed by atoms with Gasteiger partial charge in [0, 0.05) is 65.6 Å². The molecule has 1 aromatic rings. The highest BCUT2D eigenvalue weighted by Gasteiger charge is 2.10. The molecule has 1 heterocycles. The Morgan fingerprint density at radius 1 is 0.750 bits per heavy atom. The van der Waals surface area contributed by atoms with Crippen molar-refractivity contribution in [1.82, 2.24) is 19.6 Å². The highest BCUT2D eigenvalue weighted by Crippen LogP contribution is 2.07. The van der Waals surface area contributed by atoms with Crippen LogP contribution in [-0.2, 0) is 11.3 Å². The van der Waals surface area contributed by atoms with E-state index in [9.17, 15) is 0 Å². The molecule has 0 bridgehead atoms. The Morgan fingerprint density at radius 2 is 1.19 bits per heavy atom. The van der Waals surface area contributed by atoms with Crippen molar-refractivity contribution >= 4 is 17.5 Å². The van der Waals surface area contributed by atoms with Gasteiger partial charge >= 0.3 is 0 Å². The number of furan rings is 1. The molecular formula is C27H55N7O2. The van der Waals surface area contributed by atoms with E-state index in [0.717, 1.165) is 31.2 Å². The predicted molar refractivity (Wildman–Crippen MR) is 154 cm³/mol. The fourth-order valence-electron chi connectivity index (χ4n) is 2.86. The third-order valence-corrected chi connectivity index (χ3v) is 5.36. The van der Waals surface area contributed by atoms with Gasteiger partial charge in [0.15, 0.2) is 0 Å². The number of rotatable bonds is 11. The lowest BCUT2D eigenvalue weighted by Crippen LogP contribution is -2.35. The highest BCUT2D eigenvalue weighted by atomic mass is 16.5. The van der Waals surface area contributed by atoms with E-state index in [2.05, 4.69) is 18.7 Å². The Kier molecular flexibility index (Phi) is 19.6. The SMILES string of the molecule is CC(C)C(=N)N(C)CCN(C)C.CC(C)C(=N)N(C)Cc1ccco1.COCCN(C)C(=N)C(C)C. The second kappa shape index (κ2) is 19.8. The lowest BCUT2D eigenvalue weighted by atomic mass is 10.2. The molecule has 3 N–H and O–H groups in total. The van der Waals surface area contributed by atoms with E-state index >= 15 is 0 Å². The minimum atomic E-state index is 0.264. The summed E-state index contributed by atoms with van der Waals surface area (Å²) in [6.45, 7) is 16.3. The maximum absolute atomic E-state index is 7.74. The summed E-state index contributed by atoms with van der Waals surface area (Å²) >= 11 is 0. The molecule has 0 atom stereocenters. The van der Waals surface area contributed by atoms with Gasteiger partial charge < -0.3 is 28.8 Å². The zero-order valence-electron chi connectivity index (χ0n) is 25.1. The van der Waals surface area contributed by atoms with E-state index in [1.807, 2.05) is 89.8 Å². The first-order chi connectivity index (χ1) is 16.6. The molecule has 1 rings (SSSR count). The molecule has 0 aliphatic carbocycles. The molecule has 9 heteroatoms. The first-order valence-corrected chi connectivity index (χ1v) is 12.7. The van der Waals surface area contributed by atoms with Crippen LogP contribution >= 0.6 is 0 Å². The number of likely N-dealkylation sites (N-methyl/N-ethyl adjacent to an activating group) is 3. The van der Waals surface area contributed by atoms with Crippen molar-refractivity contribution in [3.63, 3.8) is 0 Å². The van der Waals surface area contributed by atoms with E-state index in [4.69, 9.17) is 25.4 Å². The summed E-state index contributed by atoms with van der Waals surface area (Å²) < 4.78 is 10.1. The molecular weight excluding hydrogens is 454 g/mol. The van der Waals surface area contributed by atoms with Gasteiger partial charge in [0.1, 0.15) is 5.76 Å². The minimum absolute atomic E-state index is 0.264. The Hall–Kier alpha value is -2.39. The fraction of sp³-hybridized carbons (Fsp3) is 0.741. The van der Waals surface area contributed by atoms with Gasteiger partial charge in [0.25, 0.3) is 0 Å². The standard InChI is InChI=1S/C10H16N2O.C9H21N3.C8H18N2O/c1-8(2)10(11)12(3)7-9-5-4-6-13-9;1-8(2)9(10)12(5)7-6-11(3)4;1-7(2)8(9)10(3)5-6-11-4/h4-6,8,11H,7H2,1-3H3;8,10H,6-7H2,1-5H3;7,9H,5-6H2,1-4H3. The Balaban J connectivity index is 0. The van der Waals surface area contributed by atoms with Gasteiger partial charge in [0.05, 0.1) is 36.9 Å². The van der Waals surface area contributed by atoms with Crippen LogP contribution in [0.15, 0.2) is 22.8 Å². The molecule has 0 saturated carbocycles. The summed E-state index contributed by atoms with van der Waals surface area (Å²) in [6.07, 6.45) is 1.65. The molecule has 0 saturated heterocycles. The summed E-state index contributed by atoms with van der Waals surface area (Å²) in [5, 5.41) is 23.0. The van der Waals surface area contributed by atoms with Crippen LogP contribution in [0.25, 0.3) is 0 Å². The first kappa shape index (κ1) is 35.8. The van der Waals surface area contributed by atoms with Crippen LogP contribution in [0.3, 0.4) is 0 Å². The van der Waals surface area contributed by atoms with E-state index < -0.39 is 0 Å². The molecule has 0 radical (unpaired) electrons. The average molecular weight is 510 g/mol. The van der Waals surface area contributed by atoms with E-state index in [1.165, 1.54) is 0 Å². The van der Waals surface area contributed by atoms with E-state index in [0.29, 0.717) is 36.7 Å². The number of nitrogens with zero attached hydrogens (tertiary/aromatic N) is 4. The number of methoxy groups -OCH3 is 1. The molecule has 0 aromatic carbocycles. The predicted octanol–water partition coefficient (Wildman–Crippen LogP) is 4.66. The lowest BCUT2D eigenvalue weighted by Gasteiger charge is -2.23. The quantitative estimate of drug-likeness (QED) is 0.296. The Labute approximate surface area is 221 Å². The van der Waals surface area contributed by atoms with Gasteiger partial charge in [-0.3, -0.25) is 16.2 Å². The molecule has 9 nitrogen and oxygen atoms in total. The normalized spacial score (nSPS) is 10.6. The number of nitrogens with one attached hydrogen (secondary N) is 3. The average Bonchev–Trinajstić information content (AvgIpc) is 3.32. The Morgan fingerprint density at radius 3 is 1.56 bits per heavy atom. The Bertz CT molecular complexity index is 716. The van der Waals surface area contributed by atoms with Crippen molar-refractivity contribution in [2.24, 2.45) is 17.8 Å². The largest absolute Gasteiger partial charge is 0.467 e. The van der Waals surface area contributed by atoms with Crippen molar-refractivity contribution in [3.8, 4) is 0 Å². The van der Waals surface area contributed by atoms with Crippen LogP contribution < -0.4 is 0 Å². The smallest absolute Gasteiger partial charge is 0.123 e. The number of hydrogen-bond donors (Lipinski definition) is 3. The molecule has 210 valence electrons. The number of hydrogen-bond acceptors (Lipinski definition) is 6. The van der Waals surface area contributed by atoms with Crippen LogP contribution in [0.1, 0.15) is 47.3 Å². The van der Waals surface area contributed by atoms with Gasteiger partial charge in [0.2, 0.25) is 0 Å². The molecule has 0 amide bonds. The molecule has 36 heavy (non-hydrogen) atoms. The van der Waals surface area contributed by atoms with Crippen molar-refractivity contribution in [3.05, 3.63) is 24.2 Å². The topological polar surface area (TPSA) is 107 Å². The second-order valence-corrected chi connectivity index (χ2v) is 10.2. The molecule has 0 aliphatic rings. The molecule has 0 aliphatic heterocycles. The number of ether oxygens (including phenoxy) is 1. The van der Waals surface area contributed by atoms with Gasteiger partial charge in [-0.05, 0) is 26.2 Å². The second-order valence-electron chi connectivity index (χ2n) is 10.2. The summed E-state index contributed by atoms with van der Waals surface area (Å²) in [4.78, 5) is 7.94. The third kappa shape index (κ3) is 17.1. The van der Waals surface area contributed by atoms with Gasteiger partial charge in [-0.1, -0.05) is 41.5 Å². The van der Waals surface area contributed by atoms with Crippen molar-refractivity contribution in [2.45, 2.75) is 48.1 Å². The zero-order valence-corrected chi connectivity index (χ0v) is 25.1. The summed E-state index contributed by atoms with van der Waals surface area (Å²) in [6, 6.07) is 3.78. The van der Waals surface area contributed by atoms with Crippen LogP contribution in [0, 0.1) is 34.0 Å². The molecule has 0 spiro atoms. The van der Waals surface area contributed by atoms with E-state index in [1.54, 1.807) is 13.4 Å². The van der Waals surface area contributed by atoms with Crippen LogP contribution in [-0.4, -0.2) is 106 Å². The molecule has 0 unspecified atom stereocenters. The van der Waals surface area contributed by atoms with Crippen LogP contribution in [0.4, 0.5) is 0 Å². The van der Waals surface area contributed by atoms with Gasteiger partial charge in [-0.15, -0.1) is 0 Å².